The van der Waals surface area contributed by atoms with Crippen molar-refractivity contribution in [3.05, 3.63) is 83.4 Å². The second kappa shape index (κ2) is 8.29. The number of pyridine rings is 2. The first-order valence-corrected chi connectivity index (χ1v) is 8.41. The molecule has 7 nitrogen and oxygen atoms in total. The van der Waals surface area contributed by atoms with E-state index >= 15 is 0 Å². The lowest BCUT2D eigenvalue weighted by molar-refractivity contribution is 0.0689. The molecule has 3 rings (SSSR count). The predicted octanol–water partition coefficient (Wildman–Crippen LogP) is 2.67. The van der Waals surface area contributed by atoms with E-state index in [1.165, 1.54) is 6.07 Å². The number of nitrogens with two attached hydrogens (primary N) is 1. The van der Waals surface area contributed by atoms with E-state index in [4.69, 9.17) is 10.8 Å². The third-order valence-electron chi connectivity index (χ3n) is 4.09. The lowest BCUT2D eigenvalue weighted by Crippen LogP contribution is -2.24. The number of hydrogen-bond acceptors (Lipinski definition) is 6. The highest BCUT2D eigenvalue weighted by molar-refractivity contribution is 5.85. The highest BCUT2D eigenvalue weighted by Gasteiger charge is 2.14. The molecule has 0 bridgehead atoms. The summed E-state index contributed by atoms with van der Waals surface area (Å²) in [5.74, 6) is -1.03. The number of carboxylic acids is 1. The Labute approximate surface area is 156 Å². The van der Waals surface area contributed by atoms with Crippen molar-refractivity contribution in [3.63, 3.8) is 0 Å². The first-order valence-electron chi connectivity index (χ1n) is 8.41. The number of aromatic nitrogens is 2. The molecule has 0 saturated heterocycles. The van der Waals surface area contributed by atoms with Gasteiger partial charge in [0, 0.05) is 25.8 Å². The number of rotatable bonds is 7. The zero-order valence-corrected chi connectivity index (χ0v) is 14.6. The van der Waals surface area contributed by atoms with E-state index in [1.807, 2.05) is 29.2 Å². The molecule has 1 aromatic carbocycles. The van der Waals surface area contributed by atoms with Gasteiger partial charge in [-0.2, -0.15) is 0 Å². The minimum absolute atomic E-state index is 0.00200. The van der Waals surface area contributed by atoms with Gasteiger partial charge in [0.2, 0.25) is 0 Å². The van der Waals surface area contributed by atoms with Crippen molar-refractivity contribution in [2.75, 3.05) is 5.73 Å². The van der Waals surface area contributed by atoms with Crippen LogP contribution in [0.2, 0.25) is 0 Å². The molecular weight excluding hydrogens is 344 g/mol. The Hall–Kier alpha value is -3.45. The maximum absolute atomic E-state index is 11.2. The summed E-state index contributed by atoms with van der Waals surface area (Å²) in [6.07, 6.45) is 1.72. The van der Waals surface area contributed by atoms with Gasteiger partial charge in [-0.1, -0.05) is 24.3 Å². The lowest BCUT2D eigenvalue weighted by atomic mass is 10.1. The average molecular weight is 364 g/mol. The summed E-state index contributed by atoms with van der Waals surface area (Å²) in [6.45, 7) is 1.39. The molecule has 3 aromatic rings. The molecule has 0 aliphatic carbocycles. The van der Waals surface area contributed by atoms with Crippen LogP contribution in [0.3, 0.4) is 0 Å². The molecular formula is C20H20N4O3. The minimum Gasteiger partial charge on any atom is -0.506 e. The van der Waals surface area contributed by atoms with Gasteiger partial charge >= 0.3 is 5.97 Å². The van der Waals surface area contributed by atoms with Crippen LogP contribution in [-0.2, 0) is 19.6 Å². The zero-order valence-electron chi connectivity index (χ0n) is 14.6. The highest BCUT2D eigenvalue weighted by Crippen LogP contribution is 2.25. The molecule has 0 fully saturated rings. The monoisotopic (exact) mass is 364 g/mol. The van der Waals surface area contributed by atoms with E-state index in [0.29, 0.717) is 31.0 Å². The molecule has 2 heterocycles. The van der Waals surface area contributed by atoms with Gasteiger partial charge < -0.3 is 15.9 Å². The largest absolute Gasteiger partial charge is 0.506 e. The van der Waals surface area contributed by atoms with Crippen LogP contribution in [0.1, 0.15) is 27.4 Å². The van der Waals surface area contributed by atoms with Gasteiger partial charge in [-0.3, -0.25) is 9.88 Å². The van der Waals surface area contributed by atoms with Gasteiger partial charge in [0.05, 0.1) is 17.1 Å². The van der Waals surface area contributed by atoms with E-state index in [9.17, 15) is 9.90 Å². The zero-order chi connectivity index (χ0) is 19.2. The van der Waals surface area contributed by atoms with Crippen molar-refractivity contribution < 1.29 is 15.0 Å². The molecule has 0 spiro atoms. The first kappa shape index (κ1) is 18.3. The number of carbonyl (C=O) groups is 1. The Morgan fingerprint density at radius 2 is 1.70 bits per heavy atom. The van der Waals surface area contributed by atoms with Crippen molar-refractivity contribution in [1.29, 1.82) is 0 Å². The Kier molecular flexibility index (Phi) is 5.63. The second-order valence-electron chi connectivity index (χ2n) is 6.14. The topological polar surface area (TPSA) is 113 Å². The van der Waals surface area contributed by atoms with E-state index in [1.54, 1.807) is 30.5 Å². The Morgan fingerprint density at radius 3 is 2.44 bits per heavy atom. The van der Waals surface area contributed by atoms with Crippen LogP contribution in [0.25, 0.3) is 0 Å². The highest BCUT2D eigenvalue weighted by atomic mass is 16.4. The van der Waals surface area contributed by atoms with Gasteiger partial charge in [-0.25, -0.2) is 9.78 Å². The van der Waals surface area contributed by atoms with Crippen LogP contribution in [0.5, 0.6) is 5.75 Å². The summed E-state index contributed by atoms with van der Waals surface area (Å²) in [6, 6.07) is 15.7. The quantitative estimate of drug-likeness (QED) is 0.436. The molecule has 0 unspecified atom stereocenters. The molecule has 0 radical (unpaired) electrons. The predicted molar refractivity (Wildman–Crippen MR) is 101 cm³/mol. The summed E-state index contributed by atoms with van der Waals surface area (Å²) in [4.78, 5) is 21.8. The fourth-order valence-corrected chi connectivity index (χ4v) is 2.78. The molecule has 0 atom stereocenters. The Bertz CT molecular complexity index is 932. The summed E-state index contributed by atoms with van der Waals surface area (Å²) >= 11 is 0. The summed E-state index contributed by atoms with van der Waals surface area (Å²) in [5, 5.41) is 19.0. The lowest BCUT2D eigenvalue weighted by Gasteiger charge is -2.23. The van der Waals surface area contributed by atoms with Crippen LogP contribution in [0.15, 0.2) is 60.8 Å². The standard InChI is InChI=1S/C20H20N4O3/c21-19-14(5-3-9-18(19)25)11-24(12-15-6-1-2-10-22-15)13-16-7-4-8-17(23-16)20(26)27/h1-10,25H,11-13,21H2,(H,26,27). The number of para-hydroxylation sites is 1. The smallest absolute Gasteiger partial charge is 0.354 e. The second-order valence-corrected chi connectivity index (χ2v) is 6.14. The van der Waals surface area contributed by atoms with Crippen molar-refractivity contribution in [3.8, 4) is 5.75 Å². The molecule has 4 N–H and O–H groups in total. The van der Waals surface area contributed by atoms with Gasteiger partial charge in [0.1, 0.15) is 11.4 Å². The van der Waals surface area contributed by atoms with Crippen molar-refractivity contribution in [2.45, 2.75) is 19.6 Å². The molecule has 2 aromatic heterocycles. The molecule has 0 aliphatic heterocycles. The number of anilines is 1. The number of nitrogen functional groups attached to an aromatic ring is 1. The van der Waals surface area contributed by atoms with E-state index in [2.05, 4.69) is 9.97 Å². The number of phenols is 1. The third-order valence-corrected chi connectivity index (χ3v) is 4.09. The SMILES string of the molecule is Nc1c(O)cccc1CN(Cc1ccccn1)Cc1cccc(C(=O)O)n1. The normalized spacial score (nSPS) is 10.9. The van der Waals surface area contributed by atoms with Gasteiger partial charge in [0.15, 0.2) is 0 Å². The molecule has 138 valence electrons. The Morgan fingerprint density at radius 1 is 0.963 bits per heavy atom. The van der Waals surface area contributed by atoms with Gasteiger partial charge in [-0.05, 0) is 35.9 Å². The van der Waals surface area contributed by atoms with Crippen LogP contribution in [0, 0.1) is 0 Å². The maximum Gasteiger partial charge on any atom is 0.354 e. The van der Waals surface area contributed by atoms with Crippen LogP contribution < -0.4 is 5.73 Å². The van der Waals surface area contributed by atoms with Crippen LogP contribution >= 0.6 is 0 Å². The third kappa shape index (κ3) is 4.80. The fourth-order valence-electron chi connectivity index (χ4n) is 2.78. The Balaban J connectivity index is 1.86. The van der Waals surface area contributed by atoms with E-state index in [0.717, 1.165) is 11.3 Å². The molecule has 0 amide bonds. The number of carboxylic acid groups (broad SMARTS) is 1. The number of aromatic hydroxyl groups is 1. The van der Waals surface area contributed by atoms with Crippen LogP contribution in [-0.4, -0.2) is 31.1 Å². The number of benzene rings is 1. The summed E-state index contributed by atoms with van der Waals surface area (Å²) in [7, 11) is 0. The number of aromatic carboxylic acids is 1. The summed E-state index contributed by atoms with van der Waals surface area (Å²) in [5.41, 5.74) is 8.60. The van der Waals surface area contributed by atoms with Crippen molar-refractivity contribution >= 4 is 11.7 Å². The summed E-state index contributed by atoms with van der Waals surface area (Å²) < 4.78 is 0. The van der Waals surface area contributed by atoms with Gasteiger partial charge in [-0.15, -0.1) is 0 Å². The number of nitrogens with zero attached hydrogens (tertiary/aromatic N) is 3. The fraction of sp³-hybridized carbons (Fsp3) is 0.150. The number of hydrogen-bond donors (Lipinski definition) is 3. The van der Waals surface area contributed by atoms with Gasteiger partial charge in [0.25, 0.3) is 0 Å². The number of phenolic OH excluding ortho intramolecular Hbond substituents is 1. The van der Waals surface area contributed by atoms with Crippen molar-refractivity contribution in [1.82, 2.24) is 14.9 Å². The van der Waals surface area contributed by atoms with E-state index in [-0.39, 0.29) is 11.4 Å². The van der Waals surface area contributed by atoms with Crippen molar-refractivity contribution in [2.24, 2.45) is 0 Å². The maximum atomic E-state index is 11.2. The molecule has 27 heavy (non-hydrogen) atoms. The van der Waals surface area contributed by atoms with Crippen LogP contribution in [0.4, 0.5) is 5.69 Å². The van der Waals surface area contributed by atoms with E-state index < -0.39 is 5.97 Å². The minimum atomic E-state index is -1.06. The molecule has 0 aliphatic rings. The average Bonchev–Trinajstić information content (AvgIpc) is 2.66. The first-order chi connectivity index (χ1) is 13.0. The molecule has 7 heteroatoms. The molecule has 0 saturated carbocycles.